The Labute approximate surface area is 169 Å². The van der Waals surface area contributed by atoms with Crippen LogP contribution < -0.4 is 0 Å². The minimum absolute atomic E-state index is 0.288. The van der Waals surface area contributed by atoms with Crippen molar-refractivity contribution in [2.45, 2.75) is 59.1 Å². The maximum Gasteiger partial charge on any atom is 0.410 e. The minimum atomic E-state index is -0.569. The molecule has 0 aliphatic carbocycles. The van der Waals surface area contributed by atoms with Gasteiger partial charge in [0.2, 0.25) is 0 Å². The molecule has 1 heterocycles. The second kappa shape index (κ2) is 11.6. The van der Waals surface area contributed by atoms with Crippen molar-refractivity contribution in [1.82, 2.24) is 14.8 Å². The standard InChI is InChI=1S/C21H35N3O4/c1-7-27-19(25)17-11-12-22-18(15-17)16-24(20(26)28-21(2,3)4)14-10-8-9-13-23(5)6/h11-12,15H,7-10,13-14,16H2,1-6H3. The molecular formula is C21H35N3O4. The van der Waals surface area contributed by atoms with E-state index in [0.717, 1.165) is 25.8 Å². The van der Waals surface area contributed by atoms with Crippen LogP contribution >= 0.6 is 0 Å². The van der Waals surface area contributed by atoms with Gasteiger partial charge in [-0.2, -0.15) is 0 Å². The van der Waals surface area contributed by atoms with Crippen LogP contribution in [0.3, 0.4) is 0 Å². The van der Waals surface area contributed by atoms with Gasteiger partial charge in [-0.3, -0.25) is 4.98 Å². The summed E-state index contributed by atoms with van der Waals surface area (Å²) in [7, 11) is 4.10. The Kier molecular flexibility index (Phi) is 9.93. The van der Waals surface area contributed by atoms with Gasteiger partial charge in [-0.05, 0) is 73.3 Å². The smallest absolute Gasteiger partial charge is 0.410 e. The van der Waals surface area contributed by atoms with E-state index >= 15 is 0 Å². The Morgan fingerprint density at radius 3 is 2.39 bits per heavy atom. The van der Waals surface area contributed by atoms with Crippen LogP contribution in [0, 0.1) is 0 Å². The Morgan fingerprint density at radius 2 is 1.79 bits per heavy atom. The third-order valence-electron chi connectivity index (χ3n) is 3.87. The summed E-state index contributed by atoms with van der Waals surface area (Å²) < 4.78 is 10.6. The summed E-state index contributed by atoms with van der Waals surface area (Å²) in [5.41, 5.74) is 0.493. The molecule has 0 spiro atoms. The Morgan fingerprint density at radius 1 is 1.11 bits per heavy atom. The molecule has 158 valence electrons. The van der Waals surface area contributed by atoms with Gasteiger partial charge >= 0.3 is 12.1 Å². The van der Waals surface area contributed by atoms with E-state index < -0.39 is 11.6 Å². The lowest BCUT2D eigenvalue weighted by molar-refractivity contribution is 0.0227. The number of amides is 1. The SMILES string of the molecule is CCOC(=O)c1ccnc(CN(CCCCCN(C)C)C(=O)OC(C)(C)C)c1. The first kappa shape index (κ1) is 23.9. The second-order valence-electron chi connectivity index (χ2n) is 8.02. The molecule has 0 unspecified atom stereocenters. The molecule has 0 saturated carbocycles. The highest BCUT2D eigenvalue weighted by Gasteiger charge is 2.22. The van der Waals surface area contributed by atoms with Gasteiger partial charge in [0.1, 0.15) is 5.60 Å². The van der Waals surface area contributed by atoms with Gasteiger partial charge in [0, 0.05) is 12.7 Å². The number of pyridine rings is 1. The summed E-state index contributed by atoms with van der Waals surface area (Å²) in [6, 6.07) is 3.28. The number of hydrogen-bond acceptors (Lipinski definition) is 6. The topological polar surface area (TPSA) is 72.0 Å². The highest BCUT2D eigenvalue weighted by atomic mass is 16.6. The fourth-order valence-corrected chi connectivity index (χ4v) is 2.57. The second-order valence-corrected chi connectivity index (χ2v) is 8.02. The first-order valence-corrected chi connectivity index (χ1v) is 9.87. The monoisotopic (exact) mass is 393 g/mol. The summed E-state index contributed by atoms with van der Waals surface area (Å²) >= 11 is 0. The van der Waals surface area contributed by atoms with E-state index in [1.807, 2.05) is 20.8 Å². The molecule has 0 aromatic carbocycles. The van der Waals surface area contributed by atoms with Crippen molar-refractivity contribution in [2.75, 3.05) is 33.8 Å². The molecule has 1 rings (SSSR count). The molecule has 0 bridgehead atoms. The molecule has 1 amide bonds. The summed E-state index contributed by atoms with van der Waals surface area (Å²) in [5, 5.41) is 0. The van der Waals surface area contributed by atoms with Gasteiger partial charge in [0.25, 0.3) is 0 Å². The van der Waals surface area contributed by atoms with Crippen LogP contribution in [-0.4, -0.2) is 66.2 Å². The molecule has 0 atom stereocenters. The van der Waals surface area contributed by atoms with E-state index in [4.69, 9.17) is 9.47 Å². The van der Waals surface area contributed by atoms with Gasteiger partial charge in [0.15, 0.2) is 0 Å². The summed E-state index contributed by atoms with van der Waals surface area (Å²) in [6.45, 7) is 9.51. The molecule has 0 radical (unpaired) electrons. The van der Waals surface area contributed by atoms with Gasteiger partial charge in [-0.25, -0.2) is 9.59 Å². The van der Waals surface area contributed by atoms with Gasteiger partial charge in [-0.15, -0.1) is 0 Å². The highest BCUT2D eigenvalue weighted by molar-refractivity contribution is 5.89. The predicted octanol–water partition coefficient (Wildman–Crippen LogP) is 3.73. The van der Waals surface area contributed by atoms with Gasteiger partial charge in [0.05, 0.1) is 24.4 Å². The van der Waals surface area contributed by atoms with E-state index in [1.54, 1.807) is 30.2 Å². The molecule has 0 aliphatic heterocycles. The molecule has 0 aliphatic rings. The Balaban J connectivity index is 2.79. The number of unbranched alkanes of at least 4 members (excludes halogenated alkanes) is 2. The van der Waals surface area contributed by atoms with Crippen molar-refractivity contribution < 1.29 is 19.1 Å². The number of hydrogen-bond donors (Lipinski definition) is 0. The van der Waals surface area contributed by atoms with E-state index in [1.165, 1.54) is 0 Å². The van der Waals surface area contributed by atoms with Crippen molar-refractivity contribution in [2.24, 2.45) is 0 Å². The molecule has 0 saturated heterocycles. The van der Waals surface area contributed by atoms with Crippen molar-refractivity contribution in [3.8, 4) is 0 Å². The van der Waals surface area contributed by atoms with Crippen LogP contribution in [0.2, 0.25) is 0 Å². The maximum absolute atomic E-state index is 12.6. The normalized spacial score (nSPS) is 11.4. The van der Waals surface area contributed by atoms with Crippen LogP contribution in [0.25, 0.3) is 0 Å². The first-order valence-electron chi connectivity index (χ1n) is 9.87. The molecule has 7 heteroatoms. The summed E-state index contributed by atoms with van der Waals surface area (Å²) in [6.07, 6.45) is 4.17. The summed E-state index contributed by atoms with van der Waals surface area (Å²) in [4.78, 5) is 32.7. The van der Waals surface area contributed by atoms with Crippen LogP contribution in [0.1, 0.15) is 63.0 Å². The molecule has 7 nitrogen and oxygen atoms in total. The van der Waals surface area contributed by atoms with Crippen LogP contribution in [0.4, 0.5) is 4.79 Å². The average molecular weight is 394 g/mol. The van der Waals surface area contributed by atoms with Gasteiger partial charge < -0.3 is 19.3 Å². The maximum atomic E-state index is 12.6. The van der Waals surface area contributed by atoms with E-state index in [9.17, 15) is 9.59 Å². The Hall–Kier alpha value is -2.15. The zero-order valence-corrected chi connectivity index (χ0v) is 18.2. The number of nitrogens with zero attached hydrogens (tertiary/aromatic N) is 3. The van der Waals surface area contributed by atoms with E-state index in [-0.39, 0.29) is 12.6 Å². The summed E-state index contributed by atoms with van der Waals surface area (Å²) in [5.74, 6) is -0.390. The van der Waals surface area contributed by atoms with E-state index in [2.05, 4.69) is 24.0 Å². The first-order chi connectivity index (χ1) is 13.1. The fraction of sp³-hybridized carbons (Fsp3) is 0.667. The molecule has 0 N–H and O–H groups in total. The van der Waals surface area contributed by atoms with Crippen molar-refractivity contribution in [3.05, 3.63) is 29.6 Å². The lowest BCUT2D eigenvalue weighted by Crippen LogP contribution is -2.37. The van der Waals surface area contributed by atoms with E-state index in [0.29, 0.717) is 24.4 Å². The fourth-order valence-electron chi connectivity index (χ4n) is 2.57. The number of carbonyl (C=O) groups is 2. The number of carbonyl (C=O) groups excluding carboxylic acids is 2. The molecular weight excluding hydrogens is 358 g/mol. The third-order valence-corrected chi connectivity index (χ3v) is 3.87. The molecule has 0 fully saturated rings. The lowest BCUT2D eigenvalue weighted by atomic mass is 10.2. The predicted molar refractivity (Wildman–Crippen MR) is 109 cm³/mol. The van der Waals surface area contributed by atoms with Crippen molar-refractivity contribution >= 4 is 12.1 Å². The van der Waals surface area contributed by atoms with Crippen LogP contribution in [0.15, 0.2) is 18.3 Å². The molecule has 1 aromatic heterocycles. The third kappa shape index (κ3) is 9.69. The number of esters is 1. The van der Waals surface area contributed by atoms with Crippen molar-refractivity contribution in [3.63, 3.8) is 0 Å². The zero-order valence-electron chi connectivity index (χ0n) is 18.2. The largest absolute Gasteiger partial charge is 0.462 e. The van der Waals surface area contributed by atoms with Crippen molar-refractivity contribution in [1.29, 1.82) is 0 Å². The van der Waals surface area contributed by atoms with Crippen LogP contribution in [0.5, 0.6) is 0 Å². The van der Waals surface area contributed by atoms with Crippen LogP contribution in [-0.2, 0) is 16.0 Å². The number of rotatable bonds is 10. The average Bonchev–Trinajstić information content (AvgIpc) is 2.59. The Bertz CT molecular complexity index is 626. The molecule has 28 heavy (non-hydrogen) atoms. The number of ether oxygens (including phenoxy) is 2. The minimum Gasteiger partial charge on any atom is -0.462 e. The number of aromatic nitrogens is 1. The van der Waals surface area contributed by atoms with Gasteiger partial charge in [-0.1, -0.05) is 6.42 Å². The highest BCUT2D eigenvalue weighted by Crippen LogP contribution is 2.14. The molecule has 1 aromatic rings. The quantitative estimate of drug-likeness (QED) is 0.446. The zero-order chi connectivity index (χ0) is 21.2. The lowest BCUT2D eigenvalue weighted by Gasteiger charge is -2.27.